The van der Waals surface area contributed by atoms with Crippen LogP contribution in [0.5, 0.6) is 0 Å². The van der Waals surface area contributed by atoms with Gasteiger partial charge in [-0.3, -0.25) is 14.5 Å². The van der Waals surface area contributed by atoms with E-state index in [0.717, 1.165) is 11.4 Å². The lowest BCUT2D eigenvalue weighted by Crippen LogP contribution is -2.29. The summed E-state index contributed by atoms with van der Waals surface area (Å²) in [5.41, 5.74) is 0.888. The van der Waals surface area contributed by atoms with E-state index < -0.39 is 17.8 Å². The summed E-state index contributed by atoms with van der Waals surface area (Å²) in [4.78, 5) is 28.3. The molecule has 0 radical (unpaired) electrons. The number of hydrogen-bond acceptors (Lipinski definition) is 6. The van der Waals surface area contributed by atoms with Crippen LogP contribution < -0.4 is 10.3 Å². The largest absolute Gasteiger partial charge is 0.450 e. The molecule has 2 aromatic heterocycles. The summed E-state index contributed by atoms with van der Waals surface area (Å²) in [6.45, 7) is 4.15. The van der Waals surface area contributed by atoms with Crippen LogP contribution in [0.3, 0.4) is 0 Å². The summed E-state index contributed by atoms with van der Waals surface area (Å²) in [6, 6.07) is 11.8. The molecule has 0 aliphatic carbocycles. The maximum Gasteiger partial charge on any atom is 0.297 e. The van der Waals surface area contributed by atoms with Gasteiger partial charge in [-0.05, 0) is 35.7 Å². The molecule has 1 aliphatic rings. The highest BCUT2D eigenvalue weighted by Gasteiger charge is 2.45. The Morgan fingerprint density at radius 2 is 1.84 bits per heavy atom. The molecule has 156 valence electrons. The lowest BCUT2D eigenvalue weighted by Gasteiger charge is -2.22. The molecule has 0 saturated heterocycles. The van der Waals surface area contributed by atoms with E-state index in [2.05, 4.69) is 24.0 Å². The fourth-order valence-electron chi connectivity index (χ4n) is 3.85. The molecule has 2 aromatic carbocycles. The molecular weight excluding hydrogens is 417 g/mol. The fraction of sp³-hybridized carbons (Fsp3) is 0.217. The van der Waals surface area contributed by atoms with Gasteiger partial charge in [0.25, 0.3) is 5.91 Å². The number of carbonyl (C=O) groups excluding carboxylic acids is 1. The van der Waals surface area contributed by atoms with Crippen LogP contribution in [0.2, 0.25) is 0 Å². The topological polar surface area (TPSA) is 76.3 Å². The van der Waals surface area contributed by atoms with Gasteiger partial charge in [0.15, 0.2) is 5.43 Å². The van der Waals surface area contributed by atoms with Crippen molar-refractivity contribution in [1.82, 2.24) is 10.2 Å². The average molecular weight is 435 g/mol. The number of anilines is 1. The maximum atomic E-state index is 13.6. The van der Waals surface area contributed by atoms with E-state index >= 15 is 0 Å². The molecule has 0 spiro atoms. The van der Waals surface area contributed by atoms with Crippen molar-refractivity contribution in [2.75, 3.05) is 4.90 Å². The Morgan fingerprint density at radius 1 is 1.10 bits per heavy atom. The summed E-state index contributed by atoms with van der Waals surface area (Å²) < 4.78 is 19.5. The lowest BCUT2D eigenvalue weighted by molar-refractivity contribution is 0.0970. The number of amides is 1. The van der Waals surface area contributed by atoms with Crippen molar-refractivity contribution in [3.8, 4) is 0 Å². The first-order valence-corrected chi connectivity index (χ1v) is 10.7. The molecular formula is C23H18FN3O3S. The SMILES string of the molecule is CC(C)Cc1nnc(N2C(=O)c3oc4ccccc4c(=O)c3C2c2ccc(F)cc2)s1. The summed E-state index contributed by atoms with van der Waals surface area (Å²) in [5, 5.41) is 10.0. The highest BCUT2D eigenvalue weighted by atomic mass is 32.1. The highest BCUT2D eigenvalue weighted by Crippen LogP contribution is 2.42. The number of halogens is 1. The summed E-state index contributed by atoms with van der Waals surface area (Å²) in [6.07, 6.45) is 0.731. The first-order valence-electron chi connectivity index (χ1n) is 9.91. The second-order valence-electron chi connectivity index (χ2n) is 7.88. The van der Waals surface area contributed by atoms with Gasteiger partial charge in [-0.1, -0.05) is 49.4 Å². The molecule has 0 N–H and O–H groups in total. The van der Waals surface area contributed by atoms with E-state index in [9.17, 15) is 14.0 Å². The first kappa shape index (κ1) is 19.6. The van der Waals surface area contributed by atoms with Crippen LogP contribution in [0, 0.1) is 11.7 Å². The normalized spacial score (nSPS) is 15.8. The molecule has 1 unspecified atom stereocenters. The van der Waals surface area contributed by atoms with Crippen LogP contribution in [0.25, 0.3) is 11.0 Å². The van der Waals surface area contributed by atoms with Gasteiger partial charge in [0.1, 0.15) is 16.4 Å². The summed E-state index contributed by atoms with van der Waals surface area (Å²) >= 11 is 1.31. The zero-order valence-corrected chi connectivity index (χ0v) is 17.6. The van der Waals surface area contributed by atoms with Crippen LogP contribution in [-0.4, -0.2) is 16.1 Å². The summed E-state index contributed by atoms with van der Waals surface area (Å²) in [5.74, 6) is -0.493. The standard InChI is InChI=1S/C23H18FN3O3S/c1-12(2)11-17-25-26-23(31-17)27-19(13-7-9-14(24)10-8-13)18-20(28)15-5-3-4-6-16(15)30-21(18)22(27)29/h3-10,12,19H,11H2,1-2H3. The predicted octanol–water partition coefficient (Wildman–Crippen LogP) is 4.73. The average Bonchev–Trinajstić information content (AvgIpc) is 3.31. The van der Waals surface area contributed by atoms with Crippen molar-refractivity contribution in [2.24, 2.45) is 5.92 Å². The van der Waals surface area contributed by atoms with Gasteiger partial charge < -0.3 is 4.42 Å². The van der Waals surface area contributed by atoms with Crippen molar-refractivity contribution in [1.29, 1.82) is 0 Å². The van der Waals surface area contributed by atoms with Gasteiger partial charge in [-0.25, -0.2) is 4.39 Å². The molecule has 3 heterocycles. The third-order valence-corrected chi connectivity index (χ3v) is 6.15. The van der Waals surface area contributed by atoms with Gasteiger partial charge >= 0.3 is 0 Å². The van der Waals surface area contributed by atoms with Crippen molar-refractivity contribution in [3.05, 3.63) is 86.5 Å². The number of carbonyl (C=O) groups is 1. The Kier molecular flexibility index (Phi) is 4.66. The lowest BCUT2D eigenvalue weighted by atomic mass is 9.99. The van der Waals surface area contributed by atoms with Gasteiger partial charge in [0.05, 0.1) is 17.0 Å². The number of nitrogens with zero attached hydrogens (tertiary/aromatic N) is 3. The zero-order valence-electron chi connectivity index (χ0n) is 16.8. The minimum absolute atomic E-state index is 0.0152. The fourth-order valence-corrected chi connectivity index (χ4v) is 4.93. The third-order valence-electron chi connectivity index (χ3n) is 5.21. The molecule has 1 aliphatic heterocycles. The van der Waals surface area contributed by atoms with Gasteiger partial charge in [-0.2, -0.15) is 0 Å². The van der Waals surface area contributed by atoms with E-state index in [1.54, 1.807) is 36.4 Å². The maximum absolute atomic E-state index is 13.6. The molecule has 8 heteroatoms. The molecule has 0 saturated carbocycles. The molecule has 1 atom stereocenters. The number of rotatable bonds is 4. The number of aromatic nitrogens is 2. The molecule has 5 rings (SSSR count). The zero-order chi connectivity index (χ0) is 21.7. The van der Waals surface area contributed by atoms with Crippen LogP contribution in [-0.2, 0) is 6.42 Å². The van der Waals surface area contributed by atoms with E-state index in [1.807, 2.05) is 0 Å². The second-order valence-corrected chi connectivity index (χ2v) is 8.92. The van der Waals surface area contributed by atoms with Crippen molar-refractivity contribution in [2.45, 2.75) is 26.3 Å². The number of fused-ring (bicyclic) bond motifs is 2. The number of hydrogen-bond donors (Lipinski definition) is 0. The highest BCUT2D eigenvalue weighted by molar-refractivity contribution is 7.15. The van der Waals surface area contributed by atoms with Crippen molar-refractivity contribution in [3.63, 3.8) is 0 Å². The van der Waals surface area contributed by atoms with Crippen molar-refractivity contribution < 1.29 is 13.6 Å². The molecule has 0 fully saturated rings. The van der Waals surface area contributed by atoms with E-state index in [1.165, 1.54) is 28.4 Å². The molecule has 31 heavy (non-hydrogen) atoms. The number of benzene rings is 2. The van der Waals surface area contributed by atoms with Crippen LogP contribution in [0.1, 0.15) is 46.6 Å². The Hall–Kier alpha value is -3.39. The van der Waals surface area contributed by atoms with E-state index in [0.29, 0.717) is 27.6 Å². The Morgan fingerprint density at radius 3 is 2.58 bits per heavy atom. The van der Waals surface area contributed by atoms with Crippen molar-refractivity contribution >= 4 is 33.3 Å². The minimum Gasteiger partial charge on any atom is -0.450 e. The smallest absolute Gasteiger partial charge is 0.297 e. The van der Waals surface area contributed by atoms with Gasteiger partial charge in [0.2, 0.25) is 10.9 Å². The molecule has 4 aromatic rings. The second kappa shape index (κ2) is 7.39. The number of para-hydroxylation sites is 1. The monoisotopic (exact) mass is 435 g/mol. The molecule has 6 nitrogen and oxygen atoms in total. The predicted molar refractivity (Wildman–Crippen MR) is 116 cm³/mol. The summed E-state index contributed by atoms with van der Waals surface area (Å²) in [7, 11) is 0. The molecule has 0 bridgehead atoms. The quantitative estimate of drug-likeness (QED) is 0.463. The van der Waals surface area contributed by atoms with Gasteiger partial charge in [0, 0.05) is 6.42 Å². The molecule has 1 amide bonds. The van der Waals surface area contributed by atoms with Gasteiger partial charge in [-0.15, -0.1) is 10.2 Å². The van der Waals surface area contributed by atoms with E-state index in [-0.39, 0.29) is 16.8 Å². The van der Waals surface area contributed by atoms with E-state index in [4.69, 9.17) is 4.42 Å². The van der Waals surface area contributed by atoms with Crippen LogP contribution >= 0.6 is 11.3 Å². The third kappa shape index (κ3) is 3.23. The van der Waals surface area contributed by atoms with Crippen LogP contribution in [0.15, 0.2) is 57.7 Å². The minimum atomic E-state index is -0.774. The first-order chi connectivity index (χ1) is 14.9. The Bertz CT molecular complexity index is 1360. The Labute approximate surface area is 181 Å². The van der Waals surface area contributed by atoms with Crippen LogP contribution in [0.4, 0.5) is 9.52 Å². The Balaban J connectivity index is 1.73.